The van der Waals surface area contributed by atoms with Crippen LogP contribution in [0.15, 0.2) is 12.2 Å². The number of rotatable bonds is 10. The van der Waals surface area contributed by atoms with Gasteiger partial charge in [0.05, 0.1) is 0 Å². The topological polar surface area (TPSA) is 128 Å². The Morgan fingerprint density at radius 3 is 2.25 bits per heavy atom. The number of ether oxygens (including phenoxy) is 2. The molecule has 28 heavy (non-hydrogen) atoms. The Bertz CT molecular complexity index is 627. The minimum Gasteiger partial charge on any atom is -0.425 e. The highest BCUT2D eigenvalue weighted by atomic mass is 16.9. The molecule has 0 aromatic carbocycles. The zero-order chi connectivity index (χ0) is 21.3. The number of carbonyl (C=O) groups is 5. The molecule has 0 bridgehead atoms. The van der Waals surface area contributed by atoms with Crippen molar-refractivity contribution in [2.45, 2.75) is 59.2 Å². The van der Waals surface area contributed by atoms with E-state index in [9.17, 15) is 24.0 Å². The number of carbonyl (C=O) groups excluding carboxylic acids is 5. The van der Waals surface area contributed by atoms with Crippen LogP contribution in [0.1, 0.15) is 52.9 Å². The molecule has 1 aliphatic heterocycles. The van der Waals surface area contributed by atoms with E-state index in [1.807, 2.05) is 0 Å². The smallest absolute Gasteiger partial charge is 0.425 e. The molecular formula is C18H26N2O8. The average molecular weight is 398 g/mol. The Morgan fingerprint density at radius 1 is 1.11 bits per heavy atom. The monoisotopic (exact) mass is 398 g/mol. The van der Waals surface area contributed by atoms with E-state index in [-0.39, 0.29) is 31.1 Å². The van der Waals surface area contributed by atoms with Crippen molar-refractivity contribution in [1.82, 2.24) is 10.4 Å². The Kier molecular flexibility index (Phi) is 9.13. The van der Waals surface area contributed by atoms with Gasteiger partial charge in [0.25, 0.3) is 18.1 Å². The van der Waals surface area contributed by atoms with Crippen LogP contribution in [0.2, 0.25) is 0 Å². The lowest BCUT2D eigenvalue weighted by Gasteiger charge is -2.22. The van der Waals surface area contributed by atoms with Gasteiger partial charge in [-0.05, 0) is 19.8 Å². The highest BCUT2D eigenvalue weighted by molar-refractivity contribution is 6.01. The maximum Gasteiger partial charge on any atom is 0.537 e. The molecule has 0 saturated carbocycles. The number of imide groups is 1. The summed E-state index contributed by atoms with van der Waals surface area (Å²) in [5.41, 5.74) is 0.403. The normalized spacial score (nSPS) is 14.6. The van der Waals surface area contributed by atoms with Crippen LogP contribution in [-0.4, -0.2) is 47.7 Å². The van der Waals surface area contributed by atoms with Crippen molar-refractivity contribution in [3.8, 4) is 0 Å². The molecular weight excluding hydrogens is 372 g/mol. The number of hydroxylamine groups is 2. The molecule has 1 aliphatic rings. The lowest BCUT2D eigenvalue weighted by Crippen LogP contribution is -2.36. The number of hydrogen-bond donors (Lipinski definition) is 1. The van der Waals surface area contributed by atoms with Gasteiger partial charge in [-0.25, -0.2) is 4.79 Å². The molecule has 0 aromatic heterocycles. The fourth-order valence-corrected chi connectivity index (χ4v) is 2.08. The maximum absolute atomic E-state index is 11.9. The first-order valence-electron chi connectivity index (χ1n) is 8.99. The largest absolute Gasteiger partial charge is 0.537 e. The molecule has 1 saturated heterocycles. The highest BCUT2D eigenvalue weighted by Gasteiger charge is 2.34. The summed E-state index contributed by atoms with van der Waals surface area (Å²) in [5.74, 6) is -2.50. The van der Waals surface area contributed by atoms with Gasteiger partial charge in [0.2, 0.25) is 5.91 Å². The van der Waals surface area contributed by atoms with E-state index in [4.69, 9.17) is 9.47 Å². The molecule has 1 N–H and O–H groups in total. The molecule has 1 rings (SSSR count). The van der Waals surface area contributed by atoms with E-state index in [1.54, 1.807) is 20.8 Å². The highest BCUT2D eigenvalue weighted by Crippen LogP contribution is 2.16. The summed E-state index contributed by atoms with van der Waals surface area (Å²) in [4.78, 5) is 62.4. The molecule has 1 atom stereocenters. The third-order valence-corrected chi connectivity index (χ3v) is 3.66. The van der Waals surface area contributed by atoms with E-state index in [1.165, 1.54) is 0 Å². The van der Waals surface area contributed by atoms with Crippen molar-refractivity contribution in [2.75, 3.05) is 6.54 Å². The van der Waals surface area contributed by atoms with Crippen molar-refractivity contribution in [3.05, 3.63) is 12.2 Å². The Balaban J connectivity index is 2.36. The molecule has 156 valence electrons. The summed E-state index contributed by atoms with van der Waals surface area (Å²) in [5, 5.41) is 2.99. The van der Waals surface area contributed by atoms with Gasteiger partial charge in [0, 0.05) is 37.3 Å². The molecule has 10 heteroatoms. The Morgan fingerprint density at radius 2 is 1.71 bits per heavy atom. The van der Waals surface area contributed by atoms with Gasteiger partial charge in [-0.2, -0.15) is 0 Å². The Hall–Kier alpha value is -2.91. The number of amides is 3. The molecule has 1 heterocycles. The number of nitrogens with zero attached hydrogens (tertiary/aromatic N) is 1. The van der Waals surface area contributed by atoms with Gasteiger partial charge < -0.3 is 14.8 Å². The van der Waals surface area contributed by atoms with E-state index < -0.39 is 30.2 Å². The molecule has 10 nitrogen and oxygen atoms in total. The van der Waals surface area contributed by atoms with E-state index in [2.05, 4.69) is 16.7 Å². The summed E-state index contributed by atoms with van der Waals surface area (Å²) in [7, 11) is 0. The van der Waals surface area contributed by atoms with Crippen molar-refractivity contribution in [3.63, 3.8) is 0 Å². The maximum atomic E-state index is 11.9. The summed E-state index contributed by atoms with van der Waals surface area (Å²) < 4.78 is 10.0. The lowest BCUT2D eigenvalue weighted by molar-refractivity contribution is -0.199. The zero-order valence-corrected chi connectivity index (χ0v) is 16.3. The van der Waals surface area contributed by atoms with Crippen LogP contribution < -0.4 is 5.32 Å². The number of nitrogens with one attached hydrogen (secondary N) is 1. The van der Waals surface area contributed by atoms with Crippen LogP contribution in [0.5, 0.6) is 0 Å². The third kappa shape index (κ3) is 7.77. The van der Waals surface area contributed by atoms with Crippen LogP contribution in [0.4, 0.5) is 4.79 Å². The average Bonchev–Trinajstić information content (AvgIpc) is 2.92. The van der Waals surface area contributed by atoms with Gasteiger partial charge in [0.1, 0.15) is 0 Å². The first-order valence-corrected chi connectivity index (χ1v) is 8.99. The molecule has 0 radical (unpaired) electrons. The second-order valence-electron chi connectivity index (χ2n) is 6.64. The summed E-state index contributed by atoms with van der Waals surface area (Å²) >= 11 is 0. The van der Waals surface area contributed by atoms with Crippen LogP contribution in [-0.2, 0) is 33.5 Å². The standard InChI is InChI=1S/C18H26N2O8/c1-11(2)16(24)19-10-6-5-7-15(23)26-17(12(3)4)27-18(25)28-20-13(21)8-9-14(20)22/h12,17H,1,5-10H2,2-4H3,(H,19,24). The quantitative estimate of drug-likeness (QED) is 0.193. The number of unbranched alkanes of at least 4 members (excludes halogenated alkanes) is 1. The minimum absolute atomic E-state index is 0.0401. The van der Waals surface area contributed by atoms with Gasteiger partial charge in [-0.3, -0.25) is 24.0 Å². The third-order valence-electron chi connectivity index (χ3n) is 3.66. The van der Waals surface area contributed by atoms with Crippen molar-refractivity contribution >= 4 is 29.8 Å². The number of hydrogen-bond acceptors (Lipinski definition) is 8. The first kappa shape index (κ1) is 23.1. The minimum atomic E-state index is -1.31. The fraction of sp³-hybridized carbons (Fsp3) is 0.611. The van der Waals surface area contributed by atoms with E-state index in [0.29, 0.717) is 30.0 Å². The predicted octanol–water partition coefficient (Wildman–Crippen LogP) is 1.59. The van der Waals surface area contributed by atoms with Gasteiger partial charge >= 0.3 is 12.1 Å². The van der Waals surface area contributed by atoms with Crippen LogP contribution >= 0.6 is 0 Å². The van der Waals surface area contributed by atoms with Crippen LogP contribution in [0.25, 0.3) is 0 Å². The zero-order valence-electron chi connectivity index (χ0n) is 16.3. The second kappa shape index (κ2) is 11.1. The summed E-state index contributed by atoms with van der Waals surface area (Å²) in [6.45, 7) is 8.82. The van der Waals surface area contributed by atoms with Crippen molar-refractivity contribution < 1.29 is 38.3 Å². The molecule has 0 spiro atoms. The predicted molar refractivity (Wildman–Crippen MR) is 95.0 cm³/mol. The molecule has 0 aromatic rings. The SMILES string of the molecule is C=C(C)C(=O)NCCCCC(=O)OC(OC(=O)ON1C(=O)CCC1=O)C(C)C. The van der Waals surface area contributed by atoms with Crippen LogP contribution in [0, 0.1) is 5.92 Å². The molecule has 0 aliphatic carbocycles. The number of esters is 1. The summed E-state index contributed by atoms with van der Waals surface area (Å²) in [6, 6.07) is 0. The van der Waals surface area contributed by atoms with Crippen molar-refractivity contribution in [2.24, 2.45) is 5.92 Å². The van der Waals surface area contributed by atoms with Crippen molar-refractivity contribution in [1.29, 1.82) is 0 Å². The van der Waals surface area contributed by atoms with E-state index in [0.717, 1.165) is 0 Å². The second-order valence-corrected chi connectivity index (χ2v) is 6.64. The summed E-state index contributed by atoms with van der Waals surface area (Å²) in [6.07, 6.45) is -1.53. The van der Waals surface area contributed by atoms with Crippen LogP contribution in [0.3, 0.4) is 0 Å². The molecule has 3 amide bonds. The van der Waals surface area contributed by atoms with Gasteiger partial charge in [0.15, 0.2) is 0 Å². The first-order chi connectivity index (χ1) is 13.1. The Labute approximate surface area is 163 Å². The van der Waals surface area contributed by atoms with Gasteiger partial charge in [-0.1, -0.05) is 25.5 Å². The fourth-order valence-electron chi connectivity index (χ4n) is 2.08. The van der Waals surface area contributed by atoms with Gasteiger partial charge in [-0.15, -0.1) is 0 Å². The van der Waals surface area contributed by atoms with E-state index >= 15 is 0 Å². The lowest BCUT2D eigenvalue weighted by atomic mass is 10.2. The molecule has 1 fully saturated rings. The molecule has 1 unspecified atom stereocenters.